The van der Waals surface area contributed by atoms with E-state index in [-0.39, 0.29) is 28.7 Å². The molecule has 0 aromatic carbocycles. The van der Waals surface area contributed by atoms with Crippen molar-refractivity contribution in [3.63, 3.8) is 0 Å². The monoisotopic (exact) mass is 383 g/mol. The maximum absolute atomic E-state index is 12.5. The van der Waals surface area contributed by atoms with Gasteiger partial charge in [-0.05, 0) is 18.8 Å². The third kappa shape index (κ3) is 5.83. The fourth-order valence-corrected chi connectivity index (χ4v) is 5.54. The summed E-state index contributed by atoms with van der Waals surface area (Å²) in [5.74, 6) is 0.105. The van der Waals surface area contributed by atoms with E-state index in [9.17, 15) is 13.2 Å². The number of carbonyl (C=O) groups is 1. The van der Waals surface area contributed by atoms with Crippen LogP contribution in [0.15, 0.2) is 6.07 Å². The fourth-order valence-electron chi connectivity index (χ4n) is 3.44. The maximum atomic E-state index is 12.5. The molecular weight excluding hydrogens is 350 g/mol. The van der Waals surface area contributed by atoms with E-state index in [4.69, 9.17) is 0 Å². The second-order valence-corrected chi connectivity index (χ2v) is 10.9. The average molecular weight is 384 g/mol. The molecule has 26 heavy (non-hydrogen) atoms. The van der Waals surface area contributed by atoms with Crippen molar-refractivity contribution in [3.8, 4) is 0 Å². The van der Waals surface area contributed by atoms with Gasteiger partial charge in [-0.15, -0.1) is 0 Å². The van der Waals surface area contributed by atoms with Crippen LogP contribution in [0.5, 0.6) is 0 Å². The molecule has 0 aliphatic heterocycles. The van der Waals surface area contributed by atoms with Gasteiger partial charge < -0.3 is 5.32 Å². The first-order chi connectivity index (χ1) is 12.0. The molecule has 1 saturated carbocycles. The van der Waals surface area contributed by atoms with Crippen LogP contribution < -0.4 is 5.32 Å². The van der Waals surface area contributed by atoms with Crippen LogP contribution in [0, 0.1) is 11.8 Å². The van der Waals surface area contributed by atoms with Crippen LogP contribution in [0.3, 0.4) is 0 Å². The van der Waals surface area contributed by atoms with Crippen molar-refractivity contribution >= 4 is 21.6 Å². The summed E-state index contributed by atoms with van der Waals surface area (Å²) in [5, 5.41) is 7.26. The van der Waals surface area contributed by atoms with Gasteiger partial charge in [0.2, 0.25) is 5.91 Å². The fraction of sp³-hybridized carbons (Fsp3) is 0.789. The molecule has 1 aromatic rings. The summed E-state index contributed by atoms with van der Waals surface area (Å²) in [7, 11) is -1.46. The zero-order chi connectivity index (χ0) is 19.5. The summed E-state index contributed by atoms with van der Waals surface area (Å²) < 4.78 is 26.6. The molecule has 1 atom stereocenters. The van der Waals surface area contributed by atoms with Crippen LogP contribution in [0.4, 0.5) is 5.82 Å². The molecule has 148 valence electrons. The lowest BCUT2D eigenvalue weighted by Crippen LogP contribution is -2.30. The van der Waals surface area contributed by atoms with Gasteiger partial charge >= 0.3 is 0 Å². The van der Waals surface area contributed by atoms with Crippen LogP contribution >= 0.6 is 0 Å². The number of rotatable bonds is 6. The van der Waals surface area contributed by atoms with Crippen molar-refractivity contribution < 1.29 is 13.2 Å². The Balaban J connectivity index is 1.95. The third-order valence-corrected chi connectivity index (χ3v) is 7.05. The van der Waals surface area contributed by atoms with Gasteiger partial charge in [0.25, 0.3) is 0 Å². The van der Waals surface area contributed by atoms with Crippen molar-refractivity contribution in [2.75, 3.05) is 16.8 Å². The van der Waals surface area contributed by atoms with Gasteiger partial charge in [-0.1, -0.05) is 47.0 Å². The van der Waals surface area contributed by atoms with Crippen LogP contribution in [-0.2, 0) is 27.1 Å². The number of aromatic nitrogens is 2. The highest BCUT2D eigenvalue weighted by Gasteiger charge is 2.27. The van der Waals surface area contributed by atoms with Gasteiger partial charge in [0.15, 0.2) is 9.84 Å². The number of amides is 1. The first-order valence-electron chi connectivity index (χ1n) is 9.54. The Morgan fingerprint density at radius 3 is 2.46 bits per heavy atom. The molecule has 1 unspecified atom stereocenters. The van der Waals surface area contributed by atoms with Crippen molar-refractivity contribution in [1.29, 1.82) is 0 Å². The van der Waals surface area contributed by atoms with Crippen LogP contribution in [0.25, 0.3) is 0 Å². The molecule has 2 rings (SSSR count). The molecule has 7 heteroatoms. The van der Waals surface area contributed by atoms with Crippen molar-refractivity contribution in [2.24, 2.45) is 18.9 Å². The number of sulfone groups is 1. The second kappa shape index (κ2) is 8.11. The van der Waals surface area contributed by atoms with Crippen LogP contribution in [0.1, 0.15) is 65.5 Å². The van der Waals surface area contributed by atoms with Crippen molar-refractivity contribution in [1.82, 2.24) is 9.78 Å². The normalized spacial score (nSPS) is 17.9. The van der Waals surface area contributed by atoms with Gasteiger partial charge in [-0.25, -0.2) is 8.42 Å². The highest BCUT2D eigenvalue weighted by molar-refractivity contribution is 7.91. The topological polar surface area (TPSA) is 81.1 Å². The summed E-state index contributed by atoms with van der Waals surface area (Å²) in [4.78, 5) is 12.5. The van der Waals surface area contributed by atoms with Gasteiger partial charge in [0.05, 0.1) is 17.2 Å². The van der Waals surface area contributed by atoms with Gasteiger partial charge in [0, 0.05) is 24.4 Å². The van der Waals surface area contributed by atoms with E-state index in [0.717, 1.165) is 31.4 Å². The van der Waals surface area contributed by atoms with E-state index in [2.05, 4.69) is 31.2 Å². The SMILES string of the molecule is CC(CS(=O)(=O)CC1CCCCC1)C(=O)Nc1cc(C(C)(C)C)nn1C. The molecule has 1 aromatic heterocycles. The molecule has 1 aliphatic carbocycles. The third-order valence-electron chi connectivity index (χ3n) is 5.07. The van der Waals surface area contributed by atoms with Gasteiger partial charge in [-0.2, -0.15) is 5.10 Å². The number of nitrogens with zero attached hydrogens (tertiary/aromatic N) is 2. The predicted octanol–water partition coefficient (Wildman–Crippen LogP) is 3.29. The second-order valence-electron chi connectivity index (χ2n) is 8.76. The molecule has 0 bridgehead atoms. The molecule has 0 saturated heterocycles. The number of anilines is 1. The highest BCUT2D eigenvalue weighted by Crippen LogP contribution is 2.26. The molecule has 1 amide bonds. The molecule has 1 aliphatic rings. The summed E-state index contributed by atoms with van der Waals surface area (Å²) in [6.07, 6.45) is 5.42. The zero-order valence-electron chi connectivity index (χ0n) is 16.7. The number of carbonyl (C=O) groups excluding carboxylic acids is 1. The van der Waals surface area contributed by atoms with Crippen LogP contribution in [-0.4, -0.2) is 35.6 Å². The Kier molecular flexibility index (Phi) is 6.53. The smallest absolute Gasteiger partial charge is 0.229 e. The first-order valence-corrected chi connectivity index (χ1v) is 11.4. The highest BCUT2D eigenvalue weighted by atomic mass is 32.2. The van der Waals surface area contributed by atoms with E-state index >= 15 is 0 Å². The van der Waals surface area contributed by atoms with Gasteiger partial charge in [0.1, 0.15) is 5.82 Å². The van der Waals surface area contributed by atoms with E-state index in [1.165, 1.54) is 6.42 Å². The average Bonchev–Trinajstić information content (AvgIpc) is 2.88. The number of hydrogen-bond donors (Lipinski definition) is 1. The molecule has 1 heterocycles. The minimum atomic E-state index is -3.23. The van der Waals surface area contributed by atoms with E-state index < -0.39 is 15.8 Å². The summed E-state index contributed by atoms with van der Waals surface area (Å²) in [6, 6.07) is 1.85. The Labute approximate surface area is 157 Å². The lowest BCUT2D eigenvalue weighted by atomic mass is 9.91. The van der Waals surface area contributed by atoms with E-state index in [1.54, 1.807) is 18.7 Å². The Hall–Kier alpha value is -1.37. The summed E-state index contributed by atoms with van der Waals surface area (Å²) in [6.45, 7) is 7.85. The number of aryl methyl sites for hydroxylation is 1. The zero-order valence-corrected chi connectivity index (χ0v) is 17.5. The molecule has 0 spiro atoms. The summed E-state index contributed by atoms with van der Waals surface area (Å²) >= 11 is 0. The molecule has 1 N–H and O–H groups in total. The van der Waals surface area contributed by atoms with Crippen molar-refractivity contribution in [3.05, 3.63) is 11.8 Å². The minimum Gasteiger partial charge on any atom is -0.311 e. The Bertz CT molecular complexity index is 726. The minimum absolute atomic E-state index is 0.0979. The first kappa shape index (κ1) is 20.9. The predicted molar refractivity (Wildman–Crippen MR) is 105 cm³/mol. The van der Waals surface area contributed by atoms with E-state index in [0.29, 0.717) is 5.82 Å². The largest absolute Gasteiger partial charge is 0.311 e. The molecular formula is C19H33N3O3S. The Morgan fingerprint density at radius 1 is 1.31 bits per heavy atom. The molecule has 0 radical (unpaired) electrons. The van der Waals surface area contributed by atoms with Crippen molar-refractivity contribution in [2.45, 2.75) is 65.2 Å². The number of nitrogens with one attached hydrogen (secondary N) is 1. The van der Waals surface area contributed by atoms with E-state index in [1.807, 2.05) is 6.07 Å². The quantitative estimate of drug-likeness (QED) is 0.817. The maximum Gasteiger partial charge on any atom is 0.229 e. The molecule has 1 fully saturated rings. The lowest BCUT2D eigenvalue weighted by molar-refractivity contribution is -0.118. The summed E-state index contributed by atoms with van der Waals surface area (Å²) in [5.41, 5.74) is 0.767. The standard InChI is InChI=1S/C19H33N3O3S/c1-14(12-26(24,25)13-15-9-7-6-8-10-15)18(23)20-17-11-16(19(2,3)4)21-22(17)5/h11,14-15H,6-10,12-13H2,1-5H3,(H,20,23). The molecule has 6 nitrogen and oxygen atoms in total. The van der Waals surface area contributed by atoms with Crippen LogP contribution in [0.2, 0.25) is 0 Å². The Morgan fingerprint density at radius 2 is 1.92 bits per heavy atom. The lowest BCUT2D eigenvalue weighted by Gasteiger charge is -2.22. The number of hydrogen-bond acceptors (Lipinski definition) is 4. The van der Waals surface area contributed by atoms with Gasteiger partial charge in [-0.3, -0.25) is 9.48 Å².